The lowest BCUT2D eigenvalue weighted by molar-refractivity contribution is -0.118. The molecule has 3 aromatic rings. The summed E-state index contributed by atoms with van der Waals surface area (Å²) in [6.07, 6.45) is 1.80. The molecule has 3 N–H and O–H groups in total. The Morgan fingerprint density at radius 3 is 2.88 bits per heavy atom. The van der Waals surface area contributed by atoms with E-state index < -0.39 is 0 Å². The van der Waals surface area contributed by atoms with Crippen molar-refractivity contribution in [2.24, 2.45) is 0 Å². The summed E-state index contributed by atoms with van der Waals surface area (Å²) in [5.41, 5.74) is 3.58. The number of nitrogens with one attached hydrogen (secondary N) is 2. The molecule has 130 valence electrons. The Morgan fingerprint density at radius 2 is 2.08 bits per heavy atom. The predicted molar refractivity (Wildman–Crippen MR) is 94.7 cm³/mol. The molecule has 3 rings (SSSR count). The van der Waals surface area contributed by atoms with Gasteiger partial charge in [0.1, 0.15) is 0 Å². The van der Waals surface area contributed by atoms with Gasteiger partial charge in [-0.2, -0.15) is 0 Å². The Bertz CT molecular complexity index is 875. The van der Waals surface area contributed by atoms with E-state index in [-0.39, 0.29) is 12.5 Å². The summed E-state index contributed by atoms with van der Waals surface area (Å²) in [5.74, 6) is 0.626. The Balaban J connectivity index is 1.69. The molecule has 25 heavy (non-hydrogen) atoms. The van der Waals surface area contributed by atoms with Crippen molar-refractivity contribution in [3.8, 4) is 11.4 Å². The molecule has 2 heterocycles. The van der Waals surface area contributed by atoms with Crippen molar-refractivity contribution in [2.45, 2.75) is 20.1 Å². The van der Waals surface area contributed by atoms with Gasteiger partial charge in [0, 0.05) is 38.3 Å². The molecule has 7 nitrogen and oxygen atoms in total. The molecule has 0 radical (unpaired) electrons. The third-order valence-corrected chi connectivity index (χ3v) is 3.77. The summed E-state index contributed by atoms with van der Waals surface area (Å²) >= 11 is 0. The number of aliphatic hydroxyl groups is 1. The third kappa shape index (κ3) is 4.40. The van der Waals surface area contributed by atoms with Gasteiger partial charge in [-0.1, -0.05) is 18.2 Å². The first-order valence-corrected chi connectivity index (χ1v) is 8.16. The van der Waals surface area contributed by atoms with Crippen LogP contribution >= 0.6 is 0 Å². The van der Waals surface area contributed by atoms with Crippen molar-refractivity contribution in [1.82, 2.24) is 25.2 Å². The number of benzene rings is 1. The minimum absolute atomic E-state index is 0.0155. The van der Waals surface area contributed by atoms with Crippen LogP contribution in [0.2, 0.25) is 0 Å². The van der Waals surface area contributed by atoms with Gasteiger partial charge >= 0.3 is 0 Å². The summed E-state index contributed by atoms with van der Waals surface area (Å²) in [6, 6.07) is 11.7. The molecular weight excluding hydrogens is 318 g/mol. The van der Waals surface area contributed by atoms with E-state index in [1.165, 1.54) is 6.92 Å². The SMILES string of the molecule is CC(=O)NCCNCc1cccc(-c2nc3cc(CO)ccn3n2)c1. The average molecular weight is 339 g/mol. The van der Waals surface area contributed by atoms with Crippen LogP contribution in [0.5, 0.6) is 0 Å². The smallest absolute Gasteiger partial charge is 0.216 e. The van der Waals surface area contributed by atoms with Gasteiger partial charge in [-0.25, -0.2) is 9.50 Å². The summed E-state index contributed by atoms with van der Waals surface area (Å²) in [6.45, 7) is 3.51. The molecule has 0 aliphatic rings. The zero-order valence-electron chi connectivity index (χ0n) is 14.1. The topological polar surface area (TPSA) is 91.5 Å². The van der Waals surface area contributed by atoms with E-state index in [4.69, 9.17) is 0 Å². The number of rotatable bonds is 7. The Labute approximate surface area is 145 Å². The van der Waals surface area contributed by atoms with Crippen molar-refractivity contribution in [3.05, 3.63) is 53.7 Å². The summed E-state index contributed by atoms with van der Waals surface area (Å²) in [4.78, 5) is 15.4. The Morgan fingerprint density at radius 1 is 1.20 bits per heavy atom. The minimum atomic E-state index is -0.0222. The number of aromatic nitrogens is 3. The first-order valence-electron chi connectivity index (χ1n) is 8.16. The molecule has 2 aromatic heterocycles. The summed E-state index contributed by atoms with van der Waals surface area (Å²) in [5, 5.41) is 19.7. The number of aliphatic hydroxyl groups excluding tert-OH is 1. The number of carbonyl (C=O) groups is 1. The molecule has 0 atom stereocenters. The highest BCUT2D eigenvalue weighted by Crippen LogP contribution is 2.18. The Hall–Kier alpha value is -2.77. The van der Waals surface area contributed by atoms with Crippen molar-refractivity contribution < 1.29 is 9.90 Å². The normalized spacial score (nSPS) is 11.0. The number of hydrogen-bond donors (Lipinski definition) is 3. The maximum absolute atomic E-state index is 10.8. The van der Waals surface area contributed by atoms with E-state index >= 15 is 0 Å². The quantitative estimate of drug-likeness (QED) is 0.561. The van der Waals surface area contributed by atoms with Crippen LogP contribution in [-0.2, 0) is 17.9 Å². The summed E-state index contributed by atoms with van der Waals surface area (Å²) < 4.78 is 1.70. The molecule has 0 aliphatic heterocycles. The van der Waals surface area contributed by atoms with E-state index in [1.54, 1.807) is 10.7 Å². The zero-order chi connectivity index (χ0) is 17.6. The van der Waals surface area contributed by atoms with Crippen LogP contribution in [0.25, 0.3) is 17.0 Å². The number of pyridine rings is 1. The lowest BCUT2D eigenvalue weighted by Crippen LogP contribution is -2.29. The lowest BCUT2D eigenvalue weighted by atomic mass is 10.1. The Kier molecular flexibility index (Phi) is 5.37. The standard InChI is InChI=1S/C18H21N5O2/c1-13(25)20-7-6-19-11-14-3-2-4-16(9-14)18-21-17-10-15(12-24)5-8-23(17)22-18/h2-5,8-10,19,24H,6-7,11-12H2,1H3,(H,20,25). The van der Waals surface area contributed by atoms with Crippen LogP contribution in [0.1, 0.15) is 18.1 Å². The maximum atomic E-state index is 10.8. The first-order chi connectivity index (χ1) is 12.2. The van der Waals surface area contributed by atoms with Gasteiger partial charge in [-0.05, 0) is 29.3 Å². The molecule has 0 unspecified atom stereocenters. The van der Waals surface area contributed by atoms with Gasteiger partial charge in [0.15, 0.2) is 11.5 Å². The molecule has 0 aliphatic carbocycles. The van der Waals surface area contributed by atoms with Crippen LogP contribution < -0.4 is 10.6 Å². The van der Waals surface area contributed by atoms with Gasteiger partial charge in [-0.3, -0.25) is 4.79 Å². The van der Waals surface area contributed by atoms with Crippen molar-refractivity contribution in [2.75, 3.05) is 13.1 Å². The molecule has 0 spiro atoms. The van der Waals surface area contributed by atoms with E-state index in [2.05, 4.69) is 20.7 Å². The number of carbonyl (C=O) groups excluding carboxylic acids is 1. The van der Waals surface area contributed by atoms with Gasteiger partial charge < -0.3 is 15.7 Å². The summed E-state index contributed by atoms with van der Waals surface area (Å²) in [7, 11) is 0. The van der Waals surface area contributed by atoms with E-state index in [0.717, 1.165) is 16.7 Å². The second kappa shape index (κ2) is 7.87. The van der Waals surface area contributed by atoms with Crippen LogP contribution in [0.3, 0.4) is 0 Å². The first kappa shape index (κ1) is 17.1. The molecule has 0 bridgehead atoms. The van der Waals surface area contributed by atoms with Crippen molar-refractivity contribution in [3.63, 3.8) is 0 Å². The average Bonchev–Trinajstić information content (AvgIpc) is 3.04. The molecule has 1 amide bonds. The second-order valence-electron chi connectivity index (χ2n) is 5.79. The largest absolute Gasteiger partial charge is 0.392 e. The predicted octanol–water partition coefficient (Wildman–Crippen LogP) is 1.11. The fourth-order valence-electron chi connectivity index (χ4n) is 2.52. The highest BCUT2D eigenvalue weighted by molar-refractivity contribution is 5.72. The number of amides is 1. The van der Waals surface area contributed by atoms with Crippen molar-refractivity contribution in [1.29, 1.82) is 0 Å². The fourth-order valence-corrected chi connectivity index (χ4v) is 2.52. The lowest BCUT2D eigenvalue weighted by Gasteiger charge is -2.06. The monoisotopic (exact) mass is 339 g/mol. The highest BCUT2D eigenvalue weighted by atomic mass is 16.3. The highest BCUT2D eigenvalue weighted by Gasteiger charge is 2.07. The van der Waals surface area contributed by atoms with Gasteiger partial charge in [0.05, 0.1) is 6.61 Å². The molecule has 0 saturated carbocycles. The van der Waals surface area contributed by atoms with E-state index in [9.17, 15) is 9.90 Å². The van der Waals surface area contributed by atoms with Crippen molar-refractivity contribution >= 4 is 11.6 Å². The molecular formula is C18H21N5O2. The van der Waals surface area contributed by atoms with E-state index in [0.29, 0.717) is 31.1 Å². The van der Waals surface area contributed by atoms with Crippen LogP contribution in [-0.4, -0.2) is 38.7 Å². The van der Waals surface area contributed by atoms with Crippen LogP contribution in [0, 0.1) is 0 Å². The molecule has 0 saturated heterocycles. The van der Waals surface area contributed by atoms with Crippen LogP contribution in [0.15, 0.2) is 42.6 Å². The maximum Gasteiger partial charge on any atom is 0.216 e. The van der Waals surface area contributed by atoms with Gasteiger partial charge in [0.25, 0.3) is 0 Å². The van der Waals surface area contributed by atoms with E-state index in [1.807, 2.05) is 36.4 Å². The third-order valence-electron chi connectivity index (χ3n) is 3.77. The molecule has 7 heteroatoms. The zero-order valence-corrected chi connectivity index (χ0v) is 14.1. The molecule has 1 aromatic carbocycles. The second-order valence-corrected chi connectivity index (χ2v) is 5.79. The van der Waals surface area contributed by atoms with Gasteiger partial charge in [0.2, 0.25) is 5.91 Å². The van der Waals surface area contributed by atoms with Gasteiger partial charge in [-0.15, -0.1) is 5.10 Å². The number of fused-ring (bicyclic) bond motifs is 1. The minimum Gasteiger partial charge on any atom is -0.392 e. The number of nitrogens with zero attached hydrogens (tertiary/aromatic N) is 3. The van der Waals surface area contributed by atoms with Crippen LogP contribution in [0.4, 0.5) is 0 Å². The number of hydrogen-bond acceptors (Lipinski definition) is 5. The molecule has 0 fully saturated rings. The fraction of sp³-hybridized carbons (Fsp3) is 0.278.